The number of nitrogens with zero attached hydrogens (tertiary/aromatic N) is 5. The summed E-state index contributed by atoms with van der Waals surface area (Å²) >= 11 is 5.85. The second-order valence-electron chi connectivity index (χ2n) is 7.07. The van der Waals surface area contributed by atoms with Crippen molar-refractivity contribution in [3.63, 3.8) is 0 Å². The highest BCUT2D eigenvalue weighted by atomic mass is 35.5. The van der Waals surface area contributed by atoms with Gasteiger partial charge in [0.25, 0.3) is 5.78 Å². The molecule has 1 saturated heterocycles. The Morgan fingerprint density at radius 2 is 2.21 bits per heavy atom. The van der Waals surface area contributed by atoms with Crippen molar-refractivity contribution in [2.24, 2.45) is 5.92 Å². The average Bonchev–Trinajstić information content (AvgIpc) is 3.29. The molecule has 1 aliphatic heterocycles. The Bertz CT molecular complexity index is 980. The lowest BCUT2D eigenvalue weighted by Gasteiger charge is -2.26. The van der Waals surface area contributed by atoms with Gasteiger partial charge in [0.15, 0.2) is 0 Å². The van der Waals surface area contributed by atoms with E-state index in [0.29, 0.717) is 24.8 Å². The number of likely N-dealkylation sites (tertiary alicyclic amines) is 1. The number of fused-ring (bicyclic) bond motifs is 1. The predicted octanol–water partition coefficient (Wildman–Crippen LogP) is 3.17. The van der Waals surface area contributed by atoms with E-state index in [1.165, 1.54) is 6.33 Å². The fraction of sp³-hybridized carbons (Fsp3) is 0.421. The number of hydrogen-bond donors (Lipinski definition) is 1. The molecular weight excluding hydrogens is 383 g/mol. The molecule has 2 unspecified atom stereocenters. The van der Waals surface area contributed by atoms with E-state index in [4.69, 9.17) is 16.3 Å². The Morgan fingerprint density at radius 1 is 1.36 bits per heavy atom. The molecule has 28 heavy (non-hydrogen) atoms. The third-order valence-corrected chi connectivity index (χ3v) is 5.51. The first kappa shape index (κ1) is 19.0. The molecule has 148 valence electrons. The molecular formula is C19H22ClFN6O. The zero-order valence-corrected chi connectivity index (χ0v) is 16.5. The molecule has 1 N–H and O–H groups in total. The zero-order valence-electron chi connectivity index (χ0n) is 15.8. The fourth-order valence-corrected chi connectivity index (χ4v) is 4.03. The van der Waals surface area contributed by atoms with Crippen molar-refractivity contribution in [2.75, 3.05) is 32.6 Å². The van der Waals surface area contributed by atoms with E-state index in [2.05, 4.69) is 32.3 Å². The average molecular weight is 405 g/mol. The monoisotopic (exact) mass is 404 g/mol. The maximum absolute atomic E-state index is 14.0. The van der Waals surface area contributed by atoms with Crippen molar-refractivity contribution in [1.82, 2.24) is 24.5 Å². The van der Waals surface area contributed by atoms with E-state index in [1.807, 2.05) is 12.1 Å². The highest BCUT2D eigenvalue weighted by Gasteiger charge is 2.33. The van der Waals surface area contributed by atoms with Crippen LogP contribution in [0.2, 0.25) is 5.02 Å². The van der Waals surface area contributed by atoms with Crippen molar-refractivity contribution in [1.29, 1.82) is 0 Å². The topological polar surface area (TPSA) is 67.6 Å². The molecule has 9 heteroatoms. The molecule has 7 nitrogen and oxygen atoms in total. The predicted molar refractivity (Wildman–Crippen MR) is 105 cm³/mol. The molecule has 0 bridgehead atoms. The van der Waals surface area contributed by atoms with Crippen LogP contribution in [0.25, 0.3) is 5.78 Å². The highest BCUT2D eigenvalue weighted by molar-refractivity contribution is 6.30. The summed E-state index contributed by atoms with van der Waals surface area (Å²) in [6.45, 7) is 2.06. The minimum absolute atomic E-state index is 0.116. The van der Waals surface area contributed by atoms with Gasteiger partial charge >= 0.3 is 0 Å². The van der Waals surface area contributed by atoms with Gasteiger partial charge in [0.2, 0.25) is 0 Å². The number of hydrogen-bond acceptors (Lipinski definition) is 6. The molecule has 0 spiro atoms. The second kappa shape index (κ2) is 7.98. The lowest BCUT2D eigenvalue weighted by atomic mass is 9.93. The van der Waals surface area contributed by atoms with Gasteiger partial charge in [-0.3, -0.25) is 4.90 Å². The largest absolute Gasteiger partial charge is 0.378 e. The normalized spacial score (nSPS) is 20.1. The van der Waals surface area contributed by atoms with E-state index >= 15 is 0 Å². The number of aromatic nitrogens is 4. The smallest absolute Gasteiger partial charge is 0.254 e. The van der Waals surface area contributed by atoms with E-state index in [9.17, 15) is 4.39 Å². The molecule has 3 heterocycles. The zero-order chi connectivity index (χ0) is 19.7. The van der Waals surface area contributed by atoms with Crippen molar-refractivity contribution in [2.45, 2.75) is 19.1 Å². The SMILES string of the molecule is COCc1cc(NCC2CCN(C)C2c2ccc(Cl)c(F)c2)n2ncnc2n1. The number of methoxy groups -OCH3 is 1. The van der Waals surface area contributed by atoms with Gasteiger partial charge in [0.05, 0.1) is 17.3 Å². The van der Waals surface area contributed by atoms with Crippen LogP contribution in [0.3, 0.4) is 0 Å². The Morgan fingerprint density at radius 3 is 3.00 bits per heavy atom. The lowest BCUT2D eigenvalue weighted by Crippen LogP contribution is -2.25. The molecule has 4 rings (SSSR count). The maximum atomic E-state index is 14.0. The molecule has 1 aliphatic rings. The van der Waals surface area contributed by atoms with Gasteiger partial charge in [0.1, 0.15) is 18.0 Å². The summed E-state index contributed by atoms with van der Waals surface area (Å²) in [6, 6.07) is 7.11. The first-order valence-electron chi connectivity index (χ1n) is 9.14. The van der Waals surface area contributed by atoms with Gasteiger partial charge in [-0.15, -0.1) is 0 Å². The van der Waals surface area contributed by atoms with Crippen LogP contribution in [0.15, 0.2) is 30.6 Å². The van der Waals surface area contributed by atoms with Crippen molar-refractivity contribution in [3.8, 4) is 0 Å². The minimum atomic E-state index is -0.381. The summed E-state index contributed by atoms with van der Waals surface area (Å²) in [5.74, 6) is 1.26. The summed E-state index contributed by atoms with van der Waals surface area (Å²) in [6.07, 6.45) is 2.49. The standard InChI is InChI=1S/C19H22ClFN6O/c1-26-6-5-13(18(26)12-3-4-15(20)16(21)7-12)9-22-17-8-14(10-28-2)25-19-23-11-24-27(17)19/h3-4,7-8,11,13,18,22H,5-6,9-10H2,1-2H3. The molecule has 3 aromatic rings. The van der Waals surface area contributed by atoms with Crippen LogP contribution >= 0.6 is 11.6 Å². The number of ether oxygens (including phenoxy) is 1. The summed E-state index contributed by atoms with van der Waals surface area (Å²) in [5.41, 5.74) is 1.72. The molecule has 2 aromatic heterocycles. The lowest BCUT2D eigenvalue weighted by molar-refractivity contribution is 0.181. The van der Waals surface area contributed by atoms with E-state index in [-0.39, 0.29) is 16.9 Å². The molecule has 0 saturated carbocycles. The summed E-state index contributed by atoms with van der Waals surface area (Å²) in [7, 11) is 3.70. The summed E-state index contributed by atoms with van der Waals surface area (Å²) in [5, 5.41) is 7.87. The van der Waals surface area contributed by atoms with Gasteiger partial charge < -0.3 is 10.1 Å². The van der Waals surface area contributed by atoms with Crippen molar-refractivity contribution in [3.05, 3.63) is 52.7 Å². The maximum Gasteiger partial charge on any atom is 0.254 e. The minimum Gasteiger partial charge on any atom is -0.378 e. The molecule has 2 atom stereocenters. The number of benzene rings is 1. The van der Waals surface area contributed by atoms with Crippen LogP contribution < -0.4 is 5.32 Å². The number of nitrogens with one attached hydrogen (secondary N) is 1. The van der Waals surface area contributed by atoms with Crippen LogP contribution in [0.4, 0.5) is 10.2 Å². The van der Waals surface area contributed by atoms with E-state index < -0.39 is 0 Å². The Balaban J connectivity index is 1.56. The highest BCUT2D eigenvalue weighted by Crippen LogP contribution is 2.37. The third kappa shape index (κ3) is 3.67. The third-order valence-electron chi connectivity index (χ3n) is 5.20. The first-order valence-corrected chi connectivity index (χ1v) is 9.52. The molecule has 0 aliphatic carbocycles. The summed E-state index contributed by atoms with van der Waals surface area (Å²) < 4.78 is 20.9. The van der Waals surface area contributed by atoms with Gasteiger partial charge in [-0.25, -0.2) is 9.37 Å². The Hall–Kier alpha value is -2.29. The van der Waals surface area contributed by atoms with Gasteiger partial charge in [0, 0.05) is 25.8 Å². The van der Waals surface area contributed by atoms with E-state index in [1.54, 1.807) is 23.8 Å². The number of halogens is 2. The molecule has 0 radical (unpaired) electrons. The Labute approximate surface area is 167 Å². The van der Waals surface area contributed by atoms with Gasteiger partial charge in [-0.05, 0) is 43.6 Å². The second-order valence-corrected chi connectivity index (χ2v) is 7.47. The van der Waals surface area contributed by atoms with Gasteiger partial charge in [-0.2, -0.15) is 14.6 Å². The number of rotatable bonds is 6. The fourth-order valence-electron chi connectivity index (χ4n) is 3.91. The van der Waals surface area contributed by atoms with Crippen molar-refractivity contribution >= 4 is 23.2 Å². The Kier molecular flexibility index (Phi) is 5.43. The van der Waals surface area contributed by atoms with Crippen LogP contribution in [0.1, 0.15) is 23.7 Å². The molecule has 0 amide bonds. The first-order chi connectivity index (χ1) is 13.6. The van der Waals surface area contributed by atoms with Gasteiger partial charge in [-0.1, -0.05) is 17.7 Å². The van der Waals surface area contributed by atoms with Crippen LogP contribution in [-0.4, -0.2) is 51.7 Å². The van der Waals surface area contributed by atoms with Crippen LogP contribution in [0.5, 0.6) is 0 Å². The quantitative estimate of drug-likeness (QED) is 0.680. The number of anilines is 1. The molecule has 1 fully saturated rings. The van der Waals surface area contributed by atoms with Crippen molar-refractivity contribution < 1.29 is 9.13 Å². The molecule has 1 aromatic carbocycles. The summed E-state index contributed by atoms with van der Waals surface area (Å²) in [4.78, 5) is 10.9. The van der Waals surface area contributed by atoms with Crippen LogP contribution in [0, 0.1) is 11.7 Å². The van der Waals surface area contributed by atoms with E-state index in [0.717, 1.165) is 30.0 Å². The van der Waals surface area contributed by atoms with Crippen LogP contribution in [-0.2, 0) is 11.3 Å².